The van der Waals surface area contributed by atoms with E-state index in [0.717, 1.165) is 59.2 Å². The van der Waals surface area contributed by atoms with Gasteiger partial charge in [0.2, 0.25) is 0 Å². The summed E-state index contributed by atoms with van der Waals surface area (Å²) in [4.78, 5) is 17.8. The Balaban J connectivity index is 1.58. The maximum absolute atomic E-state index is 13.7. The third kappa shape index (κ3) is 3.38. The van der Waals surface area contributed by atoms with Crippen molar-refractivity contribution in [3.63, 3.8) is 0 Å². The first-order valence-electron chi connectivity index (χ1n) is 10.0. The molecule has 3 aromatic rings. The molecular formula is C25H20Cl2N2O. The molecule has 1 saturated heterocycles. The largest absolute Gasteiger partial charge is 0.370 e. The van der Waals surface area contributed by atoms with Crippen LogP contribution >= 0.6 is 23.2 Å². The molecule has 5 heteroatoms. The van der Waals surface area contributed by atoms with E-state index >= 15 is 0 Å². The summed E-state index contributed by atoms with van der Waals surface area (Å²) in [7, 11) is 0. The van der Waals surface area contributed by atoms with Crippen LogP contribution in [-0.2, 0) is 11.3 Å². The highest BCUT2D eigenvalue weighted by Gasteiger charge is 2.37. The van der Waals surface area contributed by atoms with Crippen molar-refractivity contribution in [3.8, 4) is 0 Å². The fourth-order valence-corrected chi connectivity index (χ4v) is 4.68. The Bertz CT molecular complexity index is 1150. The second kappa shape index (κ2) is 7.82. The van der Waals surface area contributed by atoms with Gasteiger partial charge in [-0.3, -0.25) is 9.69 Å². The Hall–Kier alpha value is -2.75. The summed E-state index contributed by atoms with van der Waals surface area (Å²) in [6.45, 7) is 1.71. The number of para-hydroxylation sites is 1. The maximum atomic E-state index is 13.7. The molecule has 3 aromatic carbocycles. The van der Waals surface area contributed by atoms with E-state index in [1.165, 1.54) is 5.56 Å². The molecule has 5 rings (SSSR count). The fourth-order valence-electron chi connectivity index (χ4n) is 4.37. The number of carbonyl (C=O) groups excluding carboxylic acids is 1. The molecule has 3 nitrogen and oxygen atoms in total. The van der Waals surface area contributed by atoms with Crippen LogP contribution in [0.2, 0.25) is 10.0 Å². The predicted molar refractivity (Wildman–Crippen MR) is 123 cm³/mol. The van der Waals surface area contributed by atoms with Crippen molar-refractivity contribution in [2.24, 2.45) is 0 Å². The molecule has 0 bridgehead atoms. The Labute approximate surface area is 186 Å². The smallest absolute Gasteiger partial charge is 0.265 e. The topological polar surface area (TPSA) is 23.6 Å². The highest BCUT2D eigenvalue weighted by Crippen LogP contribution is 2.45. The first-order chi connectivity index (χ1) is 14.6. The maximum Gasteiger partial charge on any atom is 0.265 e. The van der Waals surface area contributed by atoms with Gasteiger partial charge in [-0.25, -0.2) is 0 Å². The average Bonchev–Trinajstić information content (AvgIpc) is 3.30. The quantitative estimate of drug-likeness (QED) is 0.429. The number of hydrogen-bond acceptors (Lipinski definition) is 2. The molecule has 1 fully saturated rings. The van der Waals surface area contributed by atoms with E-state index in [9.17, 15) is 4.79 Å². The lowest BCUT2D eigenvalue weighted by atomic mass is 10.0. The summed E-state index contributed by atoms with van der Waals surface area (Å²) in [6, 6.07) is 23.4. The van der Waals surface area contributed by atoms with Gasteiger partial charge in [0.25, 0.3) is 5.91 Å². The summed E-state index contributed by atoms with van der Waals surface area (Å²) in [5.74, 6) is 0.0106. The number of allylic oxidation sites excluding steroid dienone is 1. The third-order valence-electron chi connectivity index (χ3n) is 5.70. The fraction of sp³-hybridized carbons (Fsp3) is 0.160. The van der Waals surface area contributed by atoms with Crippen LogP contribution in [0.3, 0.4) is 0 Å². The van der Waals surface area contributed by atoms with Gasteiger partial charge in [0.1, 0.15) is 0 Å². The second-order valence-electron chi connectivity index (χ2n) is 7.61. The Morgan fingerprint density at radius 1 is 0.867 bits per heavy atom. The van der Waals surface area contributed by atoms with Crippen LogP contribution in [0, 0.1) is 0 Å². The Morgan fingerprint density at radius 2 is 1.67 bits per heavy atom. The minimum absolute atomic E-state index is 0.0106. The van der Waals surface area contributed by atoms with E-state index in [4.69, 9.17) is 23.2 Å². The lowest BCUT2D eigenvalue weighted by Crippen LogP contribution is -2.24. The molecule has 30 heavy (non-hydrogen) atoms. The van der Waals surface area contributed by atoms with Crippen LogP contribution < -0.4 is 4.90 Å². The molecule has 2 heterocycles. The molecule has 0 unspecified atom stereocenters. The zero-order chi connectivity index (χ0) is 20.7. The first-order valence-corrected chi connectivity index (χ1v) is 10.8. The van der Waals surface area contributed by atoms with E-state index < -0.39 is 0 Å². The number of halogens is 2. The normalized spacial score (nSPS) is 18.3. The molecule has 2 aliphatic rings. The minimum Gasteiger partial charge on any atom is -0.370 e. The van der Waals surface area contributed by atoms with E-state index in [-0.39, 0.29) is 5.91 Å². The van der Waals surface area contributed by atoms with Gasteiger partial charge in [-0.05, 0) is 54.8 Å². The minimum atomic E-state index is 0.0106. The van der Waals surface area contributed by atoms with Gasteiger partial charge in [0.15, 0.2) is 0 Å². The number of anilines is 2. The number of fused-ring (bicyclic) bond motifs is 1. The van der Waals surface area contributed by atoms with Crippen molar-refractivity contribution in [1.29, 1.82) is 0 Å². The Morgan fingerprint density at radius 3 is 2.47 bits per heavy atom. The monoisotopic (exact) mass is 434 g/mol. The van der Waals surface area contributed by atoms with Crippen LogP contribution in [0.4, 0.5) is 11.4 Å². The van der Waals surface area contributed by atoms with Gasteiger partial charge in [-0.15, -0.1) is 0 Å². The molecule has 1 amide bonds. The molecule has 0 N–H and O–H groups in total. The van der Waals surface area contributed by atoms with Gasteiger partial charge in [0, 0.05) is 34.4 Å². The molecule has 0 aromatic heterocycles. The summed E-state index contributed by atoms with van der Waals surface area (Å²) >= 11 is 12.3. The van der Waals surface area contributed by atoms with Gasteiger partial charge in [-0.1, -0.05) is 59.6 Å². The molecular weight excluding hydrogens is 415 g/mol. The van der Waals surface area contributed by atoms with E-state index in [0.29, 0.717) is 5.02 Å². The summed E-state index contributed by atoms with van der Waals surface area (Å²) in [5.41, 5.74) is 5.79. The number of hydrogen-bond donors (Lipinski definition) is 0. The number of nitrogens with zero attached hydrogens (tertiary/aromatic N) is 2. The lowest BCUT2D eigenvalue weighted by molar-refractivity contribution is -0.112. The third-order valence-corrected chi connectivity index (χ3v) is 6.18. The number of rotatable bonds is 3. The molecule has 0 spiro atoms. The van der Waals surface area contributed by atoms with Crippen LogP contribution in [0.5, 0.6) is 0 Å². The number of benzene rings is 3. The SMILES string of the molecule is O=C1C(=C2CCCN2Cc2ccc(Cl)cc2)c2ccccc2N1c1cccc(Cl)c1. The van der Waals surface area contributed by atoms with Crippen LogP contribution in [-0.4, -0.2) is 17.4 Å². The van der Waals surface area contributed by atoms with E-state index in [1.807, 2.05) is 72.8 Å². The second-order valence-corrected chi connectivity index (χ2v) is 8.48. The number of likely N-dealkylation sites (tertiary alicyclic amines) is 1. The highest BCUT2D eigenvalue weighted by molar-refractivity contribution is 6.36. The van der Waals surface area contributed by atoms with Crippen molar-refractivity contribution in [2.75, 3.05) is 11.4 Å². The number of carbonyl (C=O) groups is 1. The van der Waals surface area contributed by atoms with E-state index in [1.54, 1.807) is 4.90 Å². The van der Waals surface area contributed by atoms with Crippen molar-refractivity contribution in [1.82, 2.24) is 4.90 Å². The van der Waals surface area contributed by atoms with Gasteiger partial charge in [-0.2, -0.15) is 0 Å². The van der Waals surface area contributed by atoms with Crippen molar-refractivity contribution < 1.29 is 4.79 Å². The summed E-state index contributed by atoms with van der Waals surface area (Å²) < 4.78 is 0. The van der Waals surface area contributed by atoms with Gasteiger partial charge < -0.3 is 4.90 Å². The summed E-state index contributed by atoms with van der Waals surface area (Å²) in [6.07, 6.45) is 1.94. The number of amides is 1. The predicted octanol–water partition coefficient (Wildman–Crippen LogP) is 6.68. The van der Waals surface area contributed by atoms with Crippen molar-refractivity contribution in [2.45, 2.75) is 19.4 Å². The average molecular weight is 435 g/mol. The molecule has 0 radical (unpaired) electrons. The highest BCUT2D eigenvalue weighted by atomic mass is 35.5. The summed E-state index contributed by atoms with van der Waals surface area (Å²) in [5, 5.41) is 1.35. The molecule has 0 atom stereocenters. The van der Waals surface area contributed by atoms with E-state index in [2.05, 4.69) is 4.90 Å². The van der Waals surface area contributed by atoms with Crippen molar-refractivity contribution in [3.05, 3.63) is 99.7 Å². The van der Waals surface area contributed by atoms with Crippen molar-refractivity contribution >= 4 is 46.1 Å². The van der Waals surface area contributed by atoms with Crippen LogP contribution in [0.15, 0.2) is 78.5 Å². The molecule has 0 saturated carbocycles. The first kappa shape index (κ1) is 19.2. The molecule has 0 aliphatic carbocycles. The molecule has 150 valence electrons. The van der Waals surface area contributed by atoms with Crippen LogP contribution in [0.1, 0.15) is 24.0 Å². The molecule has 2 aliphatic heterocycles. The zero-order valence-corrected chi connectivity index (χ0v) is 17.8. The van der Waals surface area contributed by atoms with Gasteiger partial charge in [0.05, 0.1) is 16.9 Å². The van der Waals surface area contributed by atoms with Crippen LogP contribution in [0.25, 0.3) is 5.57 Å². The zero-order valence-electron chi connectivity index (χ0n) is 16.3. The standard InChI is InChI=1S/C25H20Cl2N2O/c26-18-12-10-17(11-13-18)16-28-14-4-9-23(28)24-21-7-1-2-8-22(21)29(25(24)30)20-6-3-5-19(27)15-20/h1-3,5-8,10-13,15H,4,9,14,16H2. The Kier molecular flexibility index (Phi) is 5.01. The van der Waals surface area contributed by atoms with Gasteiger partial charge >= 0.3 is 0 Å². The lowest BCUT2D eigenvalue weighted by Gasteiger charge is -2.22.